The van der Waals surface area contributed by atoms with Crippen LogP contribution in [0.2, 0.25) is 0 Å². The lowest BCUT2D eigenvalue weighted by Gasteiger charge is -2.45. The summed E-state index contributed by atoms with van der Waals surface area (Å²) < 4.78 is 63.3. The minimum absolute atomic E-state index is 0.00530. The molecule has 3 aromatic carbocycles. The number of phenols is 4. The Kier molecular flexibility index (Phi) is 17.7. The van der Waals surface area contributed by atoms with Crippen molar-refractivity contribution in [2.24, 2.45) is 0 Å². The van der Waals surface area contributed by atoms with Gasteiger partial charge in [-0.25, -0.2) is 9.59 Å². The SMILES string of the molecule is COc1cc(/C=C/C(=O)O[C@H]2[C@H](O[C@H]3[C@H](Oc4cc5c(O[C@@H]6O[C@H](CO)[C@@H](O)[C@H](O)[C@H]6O)cc(=O)cc-5oc4-c4ccc(O)c(O)c4)O[C@H](COC(=O)/C=C/c4ccc(O)cc4)[C@@H](O)[C@@H]3O)OC[C@@H](O)[C@@H]2O)cc(OC)c1O. The Hall–Kier alpha value is -7.57. The molecule has 0 bridgehead atoms. The summed E-state index contributed by atoms with van der Waals surface area (Å²) in [6, 6.07) is 15.0. The number of esters is 2. The topological polar surface area (TPSA) is 399 Å². The third kappa shape index (κ3) is 12.6. The van der Waals surface area contributed by atoms with E-state index in [1.54, 1.807) is 0 Å². The van der Waals surface area contributed by atoms with Gasteiger partial charge in [-0.1, -0.05) is 12.1 Å². The molecule has 4 aliphatic heterocycles. The van der Waals surface area contributed by atoms with Crippen molar-refractivity contribution in [2.75, 3.05) is 34.0 Å². The van der Waals surface area contributed by atoms with Gasteiger partial charge >= 0.3 is 11.9 Å². The zero-order valence-electron chi connectivity index (χ0n) is 41.0. The van der Waals surface area contributed by atoms with Crippen LogP contribution in [0, 0.1) is 0 Å². The largest absolute Gasteiger partial charge is 0.508 e. The number of fused-ring (bicyclic) bond motifs is 1. The van der Waals surface area contributed by atoms with Gasteiger partial charge < -0.3 is 113 Å². The molecule has 3 saturated heterocycles. The molecule has 12 N–H and O–H groups in total. The van der Waals surface area contributed by atoms with Gasteiger partial charge in [-0.2, -0.15) is 0 Å². The number of aliphatic hydroxyl groups excluding tert-OH is 8. The van der Waals surface area contributed by atoms with Crippen molar-refractivity contribution in [1.82, 2.24) is 0 Å². The number of ether oxygens (including phenoxy) is 10. The average Bonchev–Trinajstić information content (AvgIpc) is 3.45. The maximum Gasteiger partial charge on any atom is 0.331 e. The van der Waals surface area contributed by atoms with Crippen LogP contribution in [0.25, 0.3) is 34.8 Å². The van der Waals surface area contributed by atoms with Crippen LogP contribution in [0.15, 0.2) is 94.2 Å². The molecule has 0 radical (unpaired) electrons. The monoisotopic (exact) mass is 1090 g/mol. The first-order valence-electron chi connectivity index (χ1n) is 23.7. The van der Waals surface area contributed by atoms with E-state index in [0.717, 1.165) is 36.4 Å². The van der Waals surface area contributed by atoms with Crippen molar-refractivity contribution >= 4 is 24.1 Å². The van der Waals surface area contributed by atoms with Crippen LogP contribution < -0.4 is 24.4 Å². The summed E-state index contributed by atoms with van der Waals surface area (Å²) in [5.41, 5.74) is -0.172. The fourth-order valence-electron chi connectivity index (χ4n) is 8.38. The summed E-state index contributed by atoms with van der Waals surface area (Å²) >= 11 is 0. The van der Waals surface area contributed by atoms with Gasteiger partial charge in [0.05, 0.1) is 33.0 Å². The van der Waals surface area contributed by atoms with E-state index in [1.807, 2.05) is 0 Å². The zero-order valence-corrected chi connectivity index (χ0v) is 41.0. The highest BCUT2D eigenvalue weighted by Gasteiger charge is 2.52. The zero-order chi connectivity index (χ0) is 56.1. The van der Waals surface area contributed by atoms with E-state index in [4.69, 9.17) is 51.8 Å². The summed E-state index contributed by atoms with van der Waals surface area (Å²) in [6.45, 7) is -2.25. The highest BCUT2D eigenvalue weighted by atomic mass is 16.8. The van der Waals surface area contributed by atoms with E-state index in [-0.39, 0.29) is 51.2 Å². The first-order chi connectivity index (χ1) is 37.3. The van der Waals surface area contributed by atoms with E-state index < -0.39 is 146 Å². The standard InChI is InChI=1S/C52H54O26/c1-68-33-13-23(14-34(69-2)41(33)62)6-12-39(60)77-48-40(61)30(58)20-71-51(48)78-49-45(66)43(64)37(21-70-38(59)11-5-22-3-8-25(54)9-4-22)76-52(49)74-35-18-27-31(72-47(35)24-7-10-28(56)29(57)15-24)16-26(55)17-32(27)73-50-46(67)44(65)42(63)36(19-53)75-50/h3-18,30,36-37,40,42-46,48-54,56-58,61-67H,19-21H2,1-2H3/b11-5+,12-6+/t30-,36-,37-,40+,42-,43-,44+,45+,46-,48-,49-,50-,51+,52-/m1/s1. The summed E-state index contributed by atoms with van der Waals surface area (Å²) in [7, 11) is 2.57. The number of hydrogen-bond acceptors (Lipinski definition) is 26. The molecule has 26 nitrogen and oxygen atoms in total. The Labute approximate surface area is 440 Å². The molecule has 3 aromatic rings. The van der Waals surface area contributed by atoms with E-state index in [2.05, 4.69) is 0 Å². The summed E-state index contributed by atoms with van der Waals surface area (Å²) in [4.78, 5) is 39.5. The molecule has 0 unspecified atom stereocenters. The molecule has 78 heavy (non-hydrogen) atoms. The number of aromatic hydroxyl groups is 4. The highest BCUT2D eigenvalue weighted by Crippen LogP contribution is 2.45. The van der Waals surface area contributed by atoms with Gasteiger partial charge in [0.15, 0.2) is 58.4 Å². The molecule has 14 atom stereocenters. The maximum atomic E-state index is 13.4. The van der Waals surface area contributed by atoms with Crippen molar-refractivity contribution < 1.29 is 123 Å². The van der Waals surface area contributed by atoms with E-state index in [1.165, 1.54) is 74.9 Å². The van der Waals surface area contributed by atoms with Crippen LogP contribution in [0.4, 0.5) is 0 Å². The Balaban J connectivity index is 1.16. The second kappa shape index (κ2) is 24.4. The van der Waals surface area contributed by atoms with E-state index in [0.29, 0.717) is 5.56 Å². The third-order valence-electron chi connectivity index (χ3n) is 12.6. The summed E-state index contributed by atoms with van der Waals surface area (Å²) in [5, 5.41) is 128. The van der Waals surface area contributed by atoms with E-state index in [9.17, 15) is 75.7 Å². The van der Waals surface area contributed by atoms with Crippen molar-refractivity contribution in [1.29, 1.82) is 0 Å². The van der Waals surface area contributed by atoms with Crippen LogP contribution in [0.5, 0.6) is 46.0 Å². The number of carbonyl (C=O) groups excluding carboxylic acids is 2. The molecule has 8 rings (SSSR count). The minimum atomic E-state index is -2.13. The Morgan fingerprint density at radius 2 is 1.28 bits per heavy atom. The number of rotatable bonds is 17. The Morgan fingerprint density at radius 1 is 0.628 bits per heavy atom. The lowest BCUT2D eigenvalue weighted by Crippen LogP contribution is -2.64. The average molecular weight is 1090 g/mol. The second-order valence-corrected chi connectivity index (χ2v) is 17.9. The van der Waals surface area contributed by atoms with E-state index >= 15 is 0 Å². The number of aliphatic hydroxyl groups is 8. The Bertz CT molecular complexity index is 2970. The quantitative estimate of drug-likeness (QED) is 0.0320. The number of hydrogen-bond donors (Lipinski definition) is 12. The molecule has 26 heteroatoms. The van der Waals surface area contributed by atoms with Gasteiger partial charge in [0, 0.05) is 29.8 Å². The van der Waals surface area contributed by atoms with Gasteiger partial charge in [0.2, 0.25) is 18.3 Å². The lowest BCUT2D eigenvalue weighted by atomic mass is 9.98. The first kappa shape index (κ1) is 56.6. The molecule has 0 spiro atoms. The molecule has 1 aliphatic carbocycles. The van der Waals surface area contributed by atoms with Gasteiger partial charge in [-0.3, -0.25) is 4.79 Å². The predicted molar refractivity (Wildman–Crippen MR) is 261 cm³/mol. The van der Waals surface area contributed by atoms with Gasteiger partial charge in [-0.05, 0) is 71.8 Å². The molecule has 0 amide bonds. The summed E-state index contributed by atoms with van der Waals surface area (Å²) in [5.74, 6) is -5.14. The fraction of sp³-hybridized carbons (Fsp3) is 0.365. The molecule has 0 saturated carbocycles. The summed E-state index contributed by atoms with van der Waals surface area (Å²) in [6.07, 6.45) is -21.6. The van der Waals surface area contributed by atoms with Crippen LogP contribution in [-0.4, -0.2) is 193 Å². The first-order valence-corrected chi connectivity index (χ1v) is 23.7. The predicted octanol–water partition coefficient (Wildman–Crippen LogP) is -0.400. The van der Waals surface area contributed by atoms with Crippen LogP contribution >= 0.6 is 0 Å². The molecule has 0 aromatic heterocycles. The highest BCUT2D eigenvalue weighted by molar-refractivity contribution is 5.88. The molecular weight excluding hydrogens is 1040 g/mol. The smallest absolute Gasteiger partial charge is 0.331 e. The molecule has 5 aliphatic rings. The van der Waals surface area contributed by atoms with Crippen molar-refractivity contribution in [2.45, 2.75) is 86.0 Å². The lowest BCUT2D eigenvalue weighted by molar-refractivity contribution is -0.345. The maximum absolute atomic E-state index is 13.4. The second-order valence-electron chi connectivity index (χ2n) is 17.9. The van der Waals surface area contributed by atoms with Crippen molar-refractivity contribution in [3.63, 3.8) is 0 Å². The van der Waals surface area contributed by atoms with Crippen molar-refractivity contribution in [3.8, 4) is 68.6 Å². The molecule has 3 fully saturated rings. The normalized spacial score (nSPS) is 28.3. The molecular formula is C52H54O26. The van der Waals surface area contributed by atoms with Crippen LogP contribution in [0.3, 0.4) is 0 Å². The molecule has 4 heterocycles. The van der Waals surface area contributed by atoms with Gasteiger partial charge in [-0.15, -0.1) is 0 Å². The van der Waals surface area contributed by atoms with Gasteiger partial charge in [0.25, 0.3) is 0 Å². The minimum Gasteiger partial charge on any atom is -0.508 e. The fourth-order valence-corrected chi connectivity index (χ4v) is 8.38. The number of methoxy groups -OCH3 is 2. The Morgan fingerprint density at radius 3 is 1.96 bits per heavy atom. The van der Waals surface area contributed by atoms with Gasteiger partial charge in [0.1, 0.15) is 78.8 Å². The number of benzene rings is 4. The van der Waals surface area contributed by atoms with Crippen LogP contribution in [0.1, 0.15) is 11.1 Å². The number of phenolic OH excluding ortho intramolecular Hbond substituents is 4. The third-order valence-corrected chi connectivity index (χ3v) is 12.6. The molecule has 418 valence electrons. The van der Waals surface area contributed by atoms with Crippen molar-refractivity contribution in [3.05, 3.63) is 106 Å². The van der Waals surface area contributed by atoms with Crippen LogP contribution in [-0.2, 0) is 38.0 Å². The number of carbonyl (C=O) groups is 2.